The van der Waals surface area contributed by atoms with E-state index in [1.165, 1.54) is 0 Å². The van der Waals surface area contributed by atoms with Gasteiger partial charge in [-0.25, -0.2) is 4.79 Å². The Morgan fingerprint density at radius 1 is 1.26 bits per heavy atom. The minimum absolute atomic E-state index is 0.0619. The first-order valence-electron chi connectivity index (χ1n) is 7.87. The second-order valence-electron chi connectivity index (χ2n) is 6.22. The first-order valence-corrected chi connectivity index (χ1v) is 7.87. The summed E-state index contributed by atoms with van der Waals surface area (Å²) in [5, 5.41) is 2.61. The van der Waals surface area contributed by atoms with Crippen molar-refractivity contribution < 1.29 is 19.1 Å². The lowest BCUT2D eigenvalue weighted by Gasteiger charge is -2.33. The van der Waals surface area contributed by atoms with Crippen LogP contribution < -0.4 is 5.32 Å². The van der Waals surface area contributed by atoms with Crippen molar-refractivity contribution in [2.75, 3.05) is 19.6 Å². The van der Waals surface area contributed by atoms with Crippen LogP contribution in [0.3, 0.4) is 0 Å². The molecule has 122 valence electrons. The Hall–Kier alpha value is -2.37. The molecule has 1 saturated heterocycles. The lowest BCUT2D eigenvalue weighted by Crippen LogP contribution is -2.53. The second kappa shape index (κ2) is 6.02. The fourth-order valence-electron chi connectivity index (χ4n) is 3.08. The van der Waals surface area contributed by atoms with Crippen LogP contribution in [0.15, 0.2) is 24.3 Å². The molecule has 0 saturated carbocycles. The quantitative estimate of drug-likeness (QED) is 0.841. The van der Waals surface area contributed by atoms with Gasteiger partial charge < -0.3 is 15.0 Å². The van der Waals surface area contributed by atoms with Gasteiger partial charge in [0.15, 0.2) is 5.60 Å². The van der Waals surface area contributed by atoms with Crippen LogP contribution in [0.1, 0.15) is 35.7 Å². The molecule has 2 heterocycles. The maximum absolute atomic E-state index is 12.4. The van der Waals surface area contributed by atoms with E-state index in [0.29, 0.717) is 12.0 Å². The van der Waals surface area contributed by atoms with Gasteiger partial charge >= 0.3 is 5.97 Å². The summed E-state index contributed by atoms with van der Waals surface area (Å²) in [6, 6.07) is 7.09. The number of nitrogens with one attached hydrogen (secondary N) is 1. The third kappa shape index (κ3) is 3.06. The van der Waals surface area contributed by atoms with Gasteiger partial charge in [-0.3, -0.25) is 9.59 Å². The van der Waals surface area contributed by atoms with E-state index < -0.39 is 17.5 Å². The maximum Gasteiger partial charge on any atom is 0.339 e. The van der Waals surface area contributed by atoms with Crippen LogP contribution >= 0.6 is 0 Å². The largest absolute Gasteiger partial charge is 0.445 e. The zero-order valence-electron chi connectivity index (χ0n) is 13.1. The van der Waals surface area contributed by atoms with Gasteiger partial charge in [0.25, 0.3) is 5.91 Å². The van der Waals surface area contributed by atoms with E-state index >= 15 is 0 Å². The number of likely N-dealkylation sites (tertiary alicyclic amines) is 1. The van der Waals surface area contributed by atoms with Crippen molar-refractivity contribution in [2.45, 2.75) is 31.8 Å². The number of esters is 1. The molecule has 1 aromatic rings. The smallest absolute Gasteiger partial charge is 0.339 e. The summed E-state index contributed by atoms with van der Waals surface area (Å²) in [6.07, 6.45) is 2.32. The molecule has 0 bridgehead atoms. The molecule has 0 spiro atoms. The molecular formula is C17H20N2O4. The highest BCUT2D eigenvalue weighted by Crippen LogP contribution is 2.28. The van der Waals surface area contributed by atoms with Crippen LogP contribution in [-0.2, 0) is 20.7 Å². The van der Waals surface area contributed by atoms with Crippen molar-refractivity contribution in [1.82, 2.24) is 10.2 Å². The van der Waals surface area contributed by atoms with Crippen molar-refractivity contribution in [1.29, 1.82) is 0 Å². The Morgan fingerprint density at radius 3 is 2.70 bits per heavy atom. The summed E-state index contributed by atoms with van der Waals surface area (Å²) in [7, 11) is 0. The minimum Gasteiger partial charge on any atom is -0.445 e. The van der Waals surface area contributed by atoms with Gasteiger partial charge in [-0.05, 0) is 31.4 Å². The van der Waals surface area contributed by atoms with Crippen molar-refractivity contribution in [3.8, 4) is 0 Å². The van der Waals surface area contributed by atoms with Gasteiger partial charge in [-0.15, -0.1) is 0 Å². The Labute approximate surface area is 134 Å². The van der Waals surface area contributed by atoms with Crippen molar-refractivity contribution in [3.63, 3.8) is 0 Å². The van der Waals surface area contributed by atoms with E-state index in [9.17, 15) is 14.4 Å². The molecule has 3 rings (SSSR count). The minimum atomic E-state index is -1.28. The lowest BCUT2D eigenvalue weighted by molar-refractivity contribution is -0.142. The highest BCUT2D eigenvalue weighted by atomic mass is 16.6. The molecule has 2 aliphatic heterocycles. The third-order valence-electron chi connectivity index (χ3n) is 4.42. The lowest BCUT2D eigenvalue weighted by atomic mass is 9.89. The first kappa shape index (κ1) is 15.5. The van der Waals surface area contributed by atoms with E-state index in [1.54, 1.807) is 24.0 Å². The number of rotatable bonds is 3. The molecule has 1 N–H and O–H groups in total. The van der Waals surface area contributed by atoms with Crippen LogP contribution in [0.5, 0.6) is 0 Å². The number of cyclic esters (lactones) is 1. The Balaban J connectivity index is 1.65. The number of carbonyl (C=O) groups excluding carboxylic acids is 3. The van der Waals surface area contributed by atoms with Gasteiger partial charge in [0.1, 0.15) is 0 Å². The van der Waals surface area contributed by atoms with Gasteiger partial charge in [0.05, 0.1) is 12.1 Å². The number of amides is 2. The zero-order valence-corrected chi connectivity index (χ0v) is 13.1. The Morgan fingerprint density at radius 2 is 1.96 bits per heavy atom. The van der Waals surface area contributed by atoms with E-state index in [1.807, 2.05) is 12.1 Å². The summed E-state index contributed by atoms with van der Waals surface area (Å²) in [6.45, 7) is 3.01. The van der Waals surface area contributed by atoms with Crippen molar-refractivity contribution >= 4 is 17.8 Å². The molecule has 1 aromatic carbocycles. The summed E-state index contributed by atoms with van der Waals surface area (Å²) in [4.78, 5) is 38.3. The van der Waals surface area contributed by atoms with Crippen LogP contribution in [0.2, 0.25) is 0 Å². The highest BCUT2D eigenvalue weighted by Gasteiger charge is 2.42. The molecular weight excluding hydrogens is 296 g/mol. The first-order chi connectivity index (χ1) is 11.0. The Kier molecular flexibility index (Phi) is 4.07. The molecule has 6 heteroatoms. The summed E-state index contributed by atoms with van der Waals surface area (Å²) >= 11 is 0. The zero-order chi connectivity index (χ0) is 16.4. The third-order valence-corrected chi connectivity index (χ3v) is 4.42. The molecule has 1 unspecified atom stereocenters. The van der Waals surface area contributed by atoms with Gasteiger partial charge in [0, 0.05) is 19.5 Å². The topological polar surface area (TPSA) is 75.7 Å². The predicted molar refractivity (Wildman–Crippen MR) is 82.8 cm³/mol. The molecule has 1 atom stereocenters. The molecule has 0 radical (unpaired) electrons. The van der Waals surface area contributed by atoms with Crippen LogP contribution in [0.4, 0.5) is 0 Å². The van der Waals surface area contributed by atoms with E-state index in [0.717, 1.165) is 31.5 Å². The number of ether oxygens (including phenoxy) is 1. The second-order valence-corrected chi connectivity index (χ2v) is 6.22. The van der Waals surface area contributed by atoms with E-state index in [-0.39, 0.29) is 12.5 Å². The molecule has 23 heavy (non-hydrogen) atoms. The molecule has 2 aliphatic rings. The number of benzene rings is 1. The maximum atomic E-state index is 12.4. The molecule has 0 aromatic heterocycles. The predicted octanol–water partition coefficient (Wildman–Crippen LogP) is 0.897. The van der Waals surface area contributed by atoms with Crippen LogP contribution in [-0.4, -0.2) is 47.9 Å². The molecule has 1 fully saturated rings. The monoisotopic (exact) mass is 316 g/mol. The van der Waals surface area contributed by atoms with E-state index in [2.05, 4.69) is 5.32 Å². The average Bonchev–Trinajstić information content (AvgIpc) is 3.06. The van der Waals surface area contributed by atoms with Crippen LogP contribution in [0.25, 0.3) is 0 Å². The van der Waals surface area contributed by atoms with Crippen LogP contribution in [0, 0.1) is 0 Å². The Bertz CT molecular complexity index is 652. The summed E-state index contributed by atoms with van der Waals surface area (Å²) < 4.78 is 5.34. The summed E-state index contributed by atoms with van der Waals surface area (Å²) in [5.74, 6) is -1.04. The fraction of sp³-hybridized carbons (Fsp3) is 0.471. The molecule has 2 amide bonds. The highest BCUT2D eigenvalue weighted by molar-refractivity contribution is 5.98. The van der Waals surface area contributed by atoms with Crippen molar-refractivity contribution in [3.05, 3.63) is 35.4 Å². The van der Waals surface area contributed by atoms with Gasteiger partial charge in [-0.1, -0.05) is 18.2 Å². The molecule has 6 nitrogen and oxygen atoms in total. The SMILES string of the molecule is CC1(C(=O)NCC(=O)N2CCCC2)Cc2ccccc2C(=O)O1. The van der Waals surface area contributed by atoms with Gasteiger partial charge in [-0.2, -0.15) is 0 Å². The normalized spacial score (nSPS) is 23.2. The number of hydrogen-bond acceptors (Lipinski definition) is 4. The van der Waals surface area contributed by atoms with E-state index in [4.69, 9.17) is 4.74 Å². The fourth-order valence-corrected chi connectivity index (χ4v) is 3.08. The number of nitrogens with zero attached hydrogens (tertiary/aromatic N) is 1. The number of fused-ring (bicyclic) bond motifs is 1. The van der Waals surface area contributed by atoms with Crippen molar-refractivity contribution in [2.24, 2.45) is 0 Å². The standard InChI is InChI=1S/C17H20N2O4/c1-17(10-12-6-2-3-7-13(12)15(21)23-17)16(22)18-11-14(20)19-8-4-5-9-19/h2-3,6-7H,4-5,8-11H2,1H3,(H,18,22). The average molecular weight is 316 g/mol. The number of carbonyl (C=O) groups is 3. The van der Waals surface area contributed by atoms with Gasteiger partial charge in [0.2, 0.25) is 5.91 Å². The summed E-state index contributed by atoms with van der Waals surface area (Å²) in [5.41, 5.74) is -0.00493. The molecule has 0 aliphatic carbocycles. The number of hydrogen-bond donors (Lipinski definition) is 1.